The number of benzene rings is 1. The van der Waals surface area contributed by atoms with Crippen LogP contribution < -0.4 is 10.7 Å². The third kappa shape index (κ3) is 4.23. The molecule has 0 saturated carbocycles. The molecule has 0 aliphatic carbocycles. The van der Waals surface area contributed by atoms with Crippen molar-refractivity contribution in [1.82, 2.24) is 4.98 Å². The van der Waals surface area contributed by atoms with Gasteiger partial charge in [0.2, 0.25) is 0 Å². The zero-order valence-electron chi connectivity index (χ0n) is 15.9. The zero-order valence-corrected chi connectivity index (χ0v) is 17.4. The molecule has 2 aromatic heterocycles. The van der Waals surface area contributed by atoms with Crippen LogP contribution in [0.3, 0.4) is 0 Å². The SMILES string of the molecule is CCSc1oc2c(C(C)Nc3ccc(Cl)nc3C(=O)O)cc(F)cc2c(=O)c1C. The van der Waals surface area contributed by atoms with Gasteiger partial charge in [-0.25, -0.2) is 14.2 Å². The van der Waals surface area contributed by atoms with E-state index in [9.17, 15) is 19.1 Å². The van der Waals surface area contributed by atoms with Crippen molar-refractivity contribution in [3.63, 3.8) is 0 Å². The Bertz CT molecular complexity index is 1170. The highest BCUT2D eigenvalue weighted by atomic mass is 35.5. The molecule has 1 unspecified atom stereocenters. The van der Waals surface area contributed by atoms with E-state index in [-0.39, 0.29) is 32.9 Å². The first-order valence-corrected chi connectivity index (χ1v) is 10.1. The Balaban J connectivity index is 2.14. The highest BCUT2D eigenvalue weighted by Crippen LogP contribution is 2.32. The Morgan fingerprint density at radius 2 is 2.14 bits per heavy atom. The Hall–Kier alpha value is -2.58. The highest BCUT2D eigenvalue weighted by Gasteiger charge is 2.21. The lowest BCUT2D eigenvalue weighted by molar-refractivity contribution is 0.0691. The van der Waals surface area contributed by atoms with Gasteiger partial charge in [-0.15, -0.1) is 0 Å². The Kier molecular flexibility index (Phi) is 6.14. The summed E-state index contributed by atoms with van der Waals surface area (Å²) in [5.74, 6) is -1.13. The van der Waals surface area contributed by atoms with Gasteiger partial charge in [0.05, 0.1) is 17.1 Å². The monoisotopic (exact) mass is 436 g/mol. The molecule has 0 radical (unpaired) electrons. The molecule has 0 saturated heterocycles. The second kappa shape index (κ2) is 8.42. The third-order valence-corrected chi connectivity index (χ3v) is 5.50. The molecule has 1 atom stereocenters. The lowest BCUT2D eigenvalue weighted by atomic mass is 10.0. The molecule has 29 heavy (non-hydrogen) atoms. The summed E-state index contributed by atoms with van der Waals surface area (Å²) in [6.45, 7) is 5.29. The first-order chi connectivity index (χ1) is 13.7. The molecule has 6 nitrogen and oxygen atoms in total. The molecule has 3 rings (SSSR count). The molecule has 9 heteroatoms. The van der Waals surface area contributed by atoms with E-state index in [2.05, 4.69) is 10.3 Å². The zero-order chi connectivity index (χ0) is 21.3. The van der Waals surface area contributed by atoms with E-state index in [4.69, 9.17) is 16.0 Å². The van der Waals surface area contributed by atoms with E-state index in [0.717, 1.165) is 6.07 Å². The van der Waals surface area contributed by atoms with Gasteiger partial charge < -0.3 is 14.8 Å². The van der Waals surface area contributed by atoms with Crippen molar-refractivity contribution in [3.05, 3.63) is 62.3 Å². The van der Waals surface area contributed by atoms with E-state index < -0.39 is 17.8 Å². The van der Waals surface area contributed by atoms with Crippen molar-refractivity contribution in [2.75, 3.05) is 11.1 Å². The number of pyridine rings is 1. The van der Waals surface area contributed by atoms with E-state index in [0.29, 0.717) is 22.0 Å². The number of hydrogen-bond acceptors (Lipinski definition) is 6. The van der Waals surface area contributed by atoms with Crippen LogP contribution >= 0.6 is 23.4 Å². The van der Waals surface area contributed by atoms with Gasteiger partial charge in [0.15, 0.2) is 16.2 Å². The second-order valence-electron chi connectivity index (χ2n) is 6.35. The van der Waals surface area contributed by atoms with E-state index in [1.165, 1.54) is 30.0 Å². The van der Waals surface area contributed by atoms with Gasteiger partial charge in [-0.05, 0) is 43.9 Å². The lowest BCUT2D eigenvalue weighted by Gasteiger charge is -2.19. The number of carboxylic acid groups (broad SMARTS) is 1. The summed E-state index contributed by atoms with van der Waals surface area (Å²) in [6, 6.07) is 4.76. The minimum absolute atomic E-state index is 0.0412. The quantitative estimate of drug-likeness (QED) is 0.401. The Morgan fingerprint density at radius 3 is 2.79 bits per heavy atom. The molecule has 0 bridgehead atoms. The number of aromatic nitrogens is 1. The second-order valence-corrected chi connectivity index (χ2v) is 7.97. The summed E-state index contributed by atoms with van der Waals surface area (Å²) in [4.78, 5) is 28.0. The number of nitrogens with one attached hydrogen (secondary N) is 1. The Labute approximate surface area is 175 Å². The smallest absolute Gasteiger partial charge is 0.356 e. The van der Waals surface area contributed by atoms with Crippen molar-refractivity contribution >= 4 is 46.0 Å². The minimum Gasteiger partial charge on any atom is -0.476 e. The van der Waals surface area contributed by atoms with Crippen LogP contribution in [-0.2, 0) is 0 Å². The first-order valence-electron chi connectivity index (χ1n) is 8.79. The third-order valence-electron chi connectivity index (χ3n) is 4.35. The average molecular weight is 437 g/mol. The molecule has 152 valence electrons. The van der Waals surface area contributed by atoms with Crippen LogP contribution in [0.2, 0.25) is 5.15 Å². The van der Waals surface area contributed by atoms with Gasteiger partial charge in [0.1, 0.15) is 16.6 Å². The summed E-state index contributed by atoms with van der Waals surface area (Å²) in [6.07, 6.45) is 0. The fraction of sp³-hybridized carbons (Fsp3) is 0.250. The molecule has 0 amide bonds. The largest absolute Gasteiger partial charge is 0.476 e. The molecule has 2 heterocycles. The Morgan fingerprint density at radius 1 is 1.41 bits per heavy atom. The minimum atomic E-state index is -1.25. The number of carbonyl (C=O) groups is 1. The molecular weight excluding hydrogens is 419 g/mol. The molecule has 0 spiro atoms. The number of carboxylic acids is 1. The van der Waals surface area contributed by atoms with Crippen molar-refractivity contribution < 1.29 is 18.7 Å². The van der Waals surface area contributed by atoms with Crippen LogP contribution in [0.15, 0.2) is 38.6 Å². The molecule has 0 aliphatic heterocycles. The number of aromatic carboxylic acids is 1. The number of thioether (sulfide) groups is 1. The number of anilines is 1. The number of hydrogen-bond donors (Lipinski definition) is 2. The van der Waals surface area contributed by atoms with Crippen LogP contribution in [-0.4, -0.2) is 21.8 Å². The van der Waals surface area contributed by atoms with Gasteiger partial charge in [-0.3, -0.25) is 4.79 Å². The van der Waals surface area contributed by atoms with Crippen LogP contribution in [0.1, 0.15) is 41.5 Å². The summed E-state index contributed by atoms with van der Waals surface area (Å²) >= 11 is 7.17. The van der Waals surface area contributed by atoms with Gasteiger partial charge in [-0.1, -0.05) is 30.3 Å². The average Bonchev–Trinajstić information content (AvgIpc) is 2.67. The van der Waals surface area contributed by atoms with E-state index in [1.54, 1.807) is 13.8 Å². The van der Waals surface area contributed by atoms with E-state index >= 15 is 0 Å². The van der Waals surface area contributed by atoms with Crippen molar-refractivity contribution in [3.8, 4) is 0 Å². The standard InChI is InChI=1S/C20H18ClFN2O4S/c1-4-29-20-9(2)17(25)13-8-11(22)7-12(18(13)28-20)10(3)23-14-5-6-15(21)24-16(14)19(26)27/h5-8,10,23H,4H2,1-3H3,(H,26,27). The van der Waals surface area contributed by atoms with Crippen molar-refractivity contribution in [2.24, 2.45) is 0 Å². The number of fused-ring (bicyclic) bond motifs is 1. The van der Waals surface area contributed by atoms with Crippen LogP contribution in [0.5, 0.6) is 0 Å². The predicted molar refractivity (Wildman–Crippen MR) is 112 cm³/mol. The summed E-state index contributed by atoms with van der Waals surface area (Å²) in [5, 5.41) is 13.0. The molecule has 3 aromatic rings. The molecule has 0 fully saturated rings. The predicted octanol–water partition coefficient (Wildman–Crippen LogP) is 5.27. The summed E-state index contributed by atoms with van der Waals surface area (Å²) in [7, 11) is 0. The number of rotatable bonds is 6. The van der Waals surface area contributed by atoms with Crippen LogP contribution in [0.4, 0.5) is 10.1 Å². The highest BCUT2D eigenvalue weighted by molar-refractivity contribution is 7.99. The molecular formula is C20H18ClFN2O4S. The maximum atomic E-state index is 14.3. The summed E-state index contributed by atoms with van der Waals surface area (Å²) < 4.78 is 20.2. The van der Waals surface area contributed by atoms with Crippen LogP contribution in [0, 0.1) is 12.7 Å². The van der Waals surface area contributed by atoms with Gasteiger partial charge in [0.25, 0.3) is 0 Å². The fourth-order valence-electron chi connectivity index (χ4n) is 2.98. The number of halogens is 2. The topological polar surface area (TPSA) is 92.4 Å². The van der Waals surface area contributed by atoms with E-state index in [1.807, 2.05) is 6.92 Å². The van der Waals surface area contributed by atoms with Crippen molar-refractivity contribution in [2.45, 2.75) is 31.9 Å². The lowest BCUT2D eigenvalue weighted by Crippen LogP contribution is -2.14. The normalized spacial score (nSPS) is 12.2. The molecule has 2 N–H and O–H groups in total. The molecule has 1 aromatic carbocycles. The van der Waals surface area contributed by atoms with Gasteiger partial charge >= 0.3 is 5.97 Å². The number of nitrogens with zero attached hydrogens (tertiary/aromatic N) is 1. The van der Waals surface area contributed by atoms with Crippen LogP contribution in [0.25, 0.3) is 11.0 Å². The van der Waals surface area contributed by atoms with Crippen molar-refractivity contribution in [1.29, 1.82) is 0 Å². The first kappa shape index (κ1) is 21.1. The molecule has 0 aliphatic rings. The fourth-order valence-corrected chi connectivity index (χ4v) is 3.84. The summed E-state index contributed by atoms with van der Waals surface area (Å²) in [5.41, 5.74) is 0.734. The maximum Gasteiger partial charge on any atom is 0.356 e. The maximum absolute atomic E-state index is 14.3. The van der Waals surface area contributed by atoms with Gasteiger partial charge in [-0.2, -0.15) is 0 Å². The van der Waals surface area contributed by atoms with Gasteiger partial charge in [0, 0.05) is 11.1 Å².